The average molecular weight is 162 g/mol. The first-order valence-electron chi connectivity index (χ1n) is 2.59. The number of hydrogen-bond acceptors (Lipinski definition) is 3. The lowest BCUT2D eigenvalue weighted by Crippen LogP contribution is -1.87. The van der Waals surface area contributed by atoms with Gasteiger partial charge in [-0.15, -0.1) is 12.6 Å². The van der Waals surface area contributed by atoms with Crippen molar-refractivity contribution in [2.24, 2.45) is 0 Å². The Morgan fingerprint density at radius 3 is 2.56 bits per heavy atom. The second-order valence-corrected chi connectivity index (χ2v) is 2.54. The molecule has 0 aliphatic rings. The fraction of sp³-hybridized carbons (Fsp3) is 0.500. The normalized spacial score (nSPS) is 11.2. The third-order valence-electron chi connectivity index (χ3n) is 0.699. The maximum atomic E-state index is 4.99. The van der Waals surface area contributed by atoms with Gasteiger partial charge in [0, 0.05) is 4.86 Å². The standard InChI is InChI=1S/C6H10OS2/c1-5(7-4-8)3-6(2)9/h3,8H,4H2,1-2H3/b5-3-. The number of allylic oxidation sites excluding steroid dienone is 2. The van der Waals surface area contributed by atoms with E-state index in [4.69, 9.17) is 17.0 Å². The van der Waals surface area contributed by atoms with Gasteiger partial charge in [-0.05, 0) is 19.9 Å². The van der Waals surface area contributed by atoms with Crippen LogP contribution in [0.3, 0.4) is 0 Å². The maximum Gasteiger partial charge on any atom is 0.130 e. The summed E-state index contributed by atoms with van der Waals surface area (Å²) in [5.74, 6) is 1.22. The molecule has 0 aliphatic heterocycles. The molecule has 0 saturated heterocycles. The summed E-state index contributed by atoms with van der Waals surface area (Å²) in [6, 6.07) is 0. The summed E-state index contributed by atoms with van der Waals surface area (Å²) >= 11 is 8.68. The molecule has 0 atom stereocenters. The SMILES string of the molecule is CC(=S)/C=C(/C)OCS. The molecule has 0 N–H and O–H groups in total. The highest BCUT2D eigenvalue weighted by atomic mass is 32.1. The molecule has 0 spiro atoms. The van der Waals surface area contributed by atoms with Crippen molar-refractivity contribution < 1.29 is 4.74 Å². The van der Waals surface area contributed by atoms with Crippen LogP contribution in [0.4, 0.5) is 0 Å². The minimum atomic E-state index is 0.408. The van der Waals surface area contributed by atoms with E-state index in [1.54, 1.807) is 6.08 Å². The average Bonchev–Trinajstić information content (AvgIpc) is 1.63. The van der Waals surface area contributed by atoms with Crippen LogP contribution in [-0.2, 0) is 4.74 Å². The number of thiocarbonyl (C=S) groups is 1. The van der Waals surface area contributed by atoms with Gasteiger partial charge in [-0.1, -0.05) is 12.2 Å². The van der Waals surface area contributed by atoms with Crippen LogP contribution >= 0.6 is 24.8 Å². The molecule has 0 saturated carbocycles. The van der Waals surface area contributed by atoms with Gasteiger partial charge >= 0.3 is 0 Å². The van der Waals surface area contributed by atoms with Gasteiger partial charge in [0.2, 0.25) is 0 Å². The lowest BCUT2D eigenvalue weighted by atomic mass is 10.4. The van der Waals surface area contributed by atoms with Crippen LogP contribution in [0.2, 0.25) is 0 Å². The summed E-state index contributed by atoms with van der Waals surface area (Å²) in [6.07, 6.45) is 1.80. The van der Waals surface area contributed by atoms with Gasteiger partial charge < -0.3 is 4.74 Å². The molecule has 0 aromatic carbocycles. The van der Waals surface area contributed by atoms with E-state index >= 15 is 0 Å². The van der Waals surface area contributed by atoms with E-state index in [0.29, 0.717) is 5.94 Å². The number of rotatable bonds is 3. The lowest BCUT2D eigenvalue weighted by molar-refractivity contribution is 0.277. The first kappa shape index (κ1) is 8.98. The summed E-state index contributed by atoms with van der Waals surface area (Å²) in [7, 11) is 0. The summed E-state index contributed by atoms with van der Waals surface area (Å²) in [5.41, 5.74) is 0. The fourth-order valence-electron chi connectivity index (χ4n) is 0.430. The van der Waals surface area contributed by atoms with Crippen LogP contribution in [0, 0.1) is 0 Å². The fourth-order valence-corrected chi connectivity index (χ4v) is 0.799. The van der Waals surface area contributed by atoms with Gasteiger partial charge in [0.15, 0.2) is 0 Å². The quantitative estimate of drug-likeness (QED) is 0.224. The van der Waals surface area contributed by atoms with E-state index in [1.807, 2.05) is 13.8 Å². The molecule has 3 heteroatoms. The predicted octanol–water partition coefficient (Wildman–Crippen LogP) is 2.18. The van der Waals surface area contributed by atoms with Gasteiger partial charge in [0.1, 0.15) is 5.94 Å². The van der Waals surface area contributed by atoms with Crippen molar-refractivity contribution in [2.45, 2.75) is 13.8 Å². The predicted molar refractivity (Wildman–Crippen MR) is 47.0 cm³/mol. The van der Waals surface area contributed by atoms with E-state index in [1.165, 1.54) is 0 Å². The van der Waals surface area contributed by atoms with Crippen LogP contribution in [0.5, 0.6) is 0 Å². The first-order chi connectivity index (χ1) is 4.16. The van der Waals surface area contributed by atoms with Gasteiger partial charge in [0.25, 0.3) is 0 Å². The molecule has 9 heavy (non-hydrogen) atoms. The highest BCUT2D eigenvalue weighted by Gasteiger charge is 1.85. The Hall–Kier alpha value is -0.0200. The highest BCUT2D eigenvalue weighted by molar-refractivity contribution is 7.80. The summed E-state index contributed by atoms with van der Waals surface area (Å²) < 4.78 is 4.99. The summed E-state index contributed by atoms with van der Waals surface area (Å²) in [6.45, 7) is 3.70. The Balaban J connectivity index is 3.69. The Bertz CT molecular complexity index is 129. The maximum absolute atomic E-state index is 4.99. The van der Waals surface area contributed by atoms with Crippen molar-refractivity contribution in [1.82, 2.24) is 0 Å². The van der Waals surface area contributed by atoms with Crippen molar-refractivity contribution in [3.8, 4) is 0 Å². The molecule has 0 aliphatic carbocycles. The van der Waals surface area contributed by atoms with E-state index in [0.717, 1.165) is 10.6 Å². The van der Waals surface area contributed by atoms with E-state index < -0.39 is 0 Å². The molecule has 0 bridgehead atoms. The zero-order valence-electron chi connectivity index (χ0n) is 5.55. The van der Waals surface area contributed by atoms with Crippen LogP contribution in [0.15, 0.2) is 11.8 Å². The Morgan fingerprint density at radius 2 is 2.22 bits per heavy atom. The Kier molecular flexibility index (Phi) is 4.81. The second kappa shape index (κ2) is 4.82. The largest absolute Gasteiger partial charge is 0.488 e. The first-order valence-corrected chi connectivity index (χ1v) is 3.63. The molecule has 0 fully saturated rings. The molecule has 0 aromatic heterocycles. The molecule has 0 rings (SSSR count). The molecule has 0 radical (unpaired) electrons. The molecule has 0 unspecified atom stereocenters. The zero-order chi connectivity index (χ0) is 7.28. The topological polar surface area (TPSA) is 9.23 Å². The summed E-state index contributed by atoms with van der Waals surface area (Å²) in [4.78, 5) is 0.828. The van der Waals surface area contributed by atoms with E-state index in [9.17, 15) is 0 Å². The van der Waals surface area contributed by atoms with Crippen LogP contribution in [0.1, 0.15) is 13.8 Å². The molecular formula is C6H10OS2. The third kappa shape index (κ3) is 5.86. The van der Waals surface area contributed by atoms with Crippen LogP contribution < -0.4 is 0 Å². The minimum Gasteiger partial charge on any atom is -0.488 e. The van der Waals surface area contributed by atoms with E-state index in [2.05, 4.69) is 12.6 Å². The Morgan fingerprint density at radius 1 is 1.67 bits per heavy atom. The van der Waals surface area contributed by atoms with E-state index in [-0.39, 0.29) is 0 Å². The van der Waals surface area contributed by atoms with Gasteiger partial charge in [-0.3, -0.25) is 0 Å². The lowest BCUT2D eigenvalue weighted by Gasteiger charge is -1.99. The second-order valence-electron chi connectivity index (χ2n) is 1.64. The highest BCUT2D eigenvalue weighted by Crippen LogP contribution is 1.96. The number of thiol groups is 1. The molecule has 52 valence electrons. The van der Waals surface area contributed by atoms with Crippen molar-refractivity contribution in [2.75, 3.05) is 5.94 Å². The van der Waals surface area contributed by atoms with Crippen molar-refractivity contribution in [3.05, 3.63) is 11.8 Å². The Labute approximate surface area is 66.5 Å². The van der Waals surface area contributed by atoms with Crippen molar-refractivity contribution in [1.29, 1.82) is 0 Å². The van der Waals surface area contributed by atoms with Crippen molar-refractivity contribution >= 4 is 29.7 Å². The van der Waals surface area contributed by atoms with Crippen molar-refractivity contribution in [3.63, 3.8) is 0 Å². The number of hydrogen-bond donors (Lipinski definition) is 1. The van der Waals surface area contributed by atoms with Crippen LogP contribution in [0.25, 0.3) is 0 Å². The molecule has 1 nitrogen and oxygen atoms in total. The zero-order valence-corrected chi connectivity index (χ0v) is 7.26. The smallest absolute Gasteiger partial charge is 0.130 e. The molecule has 0 aromatic rings. The van der Waals surface area contributed by atoms with Gasteiger partial charge in [-0.25, -0.2) is 0 Å². The minimum absolute atomic E-state index is 0.408. The molecular weight excluding hydrogens is 152 g/mol. The molecule has 0 amide bonds. The van der Waals surface area contributed by atoms with Crippen LogP contribution in [-0.4, -0.2) is 10.8 Å². The summed E-state index contributed by atoms with van der Waals surface area (Å²) in [5, 5.41) is 0. The molecule has 0 heterocycles. The van der Waals surface area contributed by atoms with Gasteiger partial charge in [0.05, 0.1) is 5.76 Å². The number of ether oxygens (including phenoxy) is 1. The van der Waals surface area contributed by atoms with Gasteiger partial charge in [-0.2, -0.15) is 0 Å². The monoisotopic (exact) mass is 162 g/mol. The third-order valence-corrected chi connectivity index (χ3v) is 0.946.